The number of nitrogens with zero attached hydrogens (tertiary/aromatic N) is 2. The predicted octanol–water partition coefficient (Wildman–Crippen LogP) is 0.766. The van der Waals surface area contributed by atoms with Crippen LogP contribution in [0.3, 0.4) is 0 Å². The molecule has 3 nitrogen and oxygen atoms in total. The quantitative estimate of drug-likeness (QED) is 0.744. The summed E-state index contributed by atoms with van der Waals surface area (Å²) in [5.74, 6) is 0. The van der Waals surface area contributed by atoms with Crippen molar-refractivity contribution in [3.63, 3.8) is 0 Å². The average Bonchev–Trinajstić information content (AvgIpc) is 2.31. The van der Waals surface area contributed by atoms with Gasteiger partial charge in [0.2, 0.25) is 0 Å². The van der Waals surface area contributed by atoms with Crippen LogP contribution in [0.5, 0.6) is 0 Å². The third kappa shape index (κ3) is 3.44. The van der Waals surface area contributed by atoms with Gasteiger partial charge in [0.05, 0.1) is 0 Å². The first-order valence-electron chi connectivity index (χ1n) is 6.56. The molecule has 3 heteroatoms. The van der Waals surface area contributed by atoms with E-state index in [1.54, 1.807) is 0 Å². The Bertz CT molecular complexity index is 170. The van der Waals surface area contributed by atoms with E-state index in [1.807, 2.05) is 0 Å². The van der Waals surface area contributed by atoms with E-state index in [9.17, 15) is 0 Å². The van der Waals surface area contributed by atoms with Gasteiger partial charge in [-0.3, -0.25) is 4.90 Å². The third-order valence-electron chi connectivity index (χ3n) is 3.80. The standard InChI is InChI=1S/C12H25N3/c1-2-14-7-9-15(10-8-14)11-12-5-3-4-6-13-12/h12-13H,2-11H2,1H3/t12-/m1/s1. The van der Waals surface area contributed by atoms with Crippen LogP contribution in [0, 0.1) is 0 Å². The van der Waals surface area contributed by atoms with Gasteiger partial charge < -0.3 is 10.2 Å². The summed E-state index contributed by atoms with van der Waals surface area (Å²) < 4.78 is 0. The van der Waals surface area contributed by atoms with E-state index >= 15 is 0 Å². The van der Waals surface area contributed by atoms with Crippen LogP contribution in [-0.2, 0) is 0 Å². The second-order valence-electron chi connectivity index (χ2n) is 4.88. The third-order valence-corrected chi connectivity index (χ3v) is 3.80. The lowest BCUT2D eigenvalue weighted by Gasteiger charge is -2.37. The Morgan fingerprint density at radius 1 is 1.07 bits per heavy atom. The molecule has 2 saturated heterocycles. The molecule has 0 aliphatic carbocycles. The van der Waals surface area contributed by atoms with Gasteiger partial charge in [-0.1, -0.05) is 13.3 Å². The molecule has 2 fully saturated rings. The van der Waals surface area contributed by atoms with Gasteiger partial charge in [0.25, 0.3) is 0 Å². The SMILES string of the molecule is CCN1CCN(C[C@H]2CCCCN2)CC1. The first-order chi connectivity index (χ1) is 7.38. The van der Waals surface area contributed by atoms with Crippen LogP contribution in [0.15, 0.2) is 0 Å². The van der Waals surface area contributed by atoms with Crippen LogP contribution in [0.25, 0.3) is 0 Å². The van der Waals surface area contributed by atoms with Crippen molar-refractivity contribution in [2.45, 2.75) is 32.2 Å². The zero-order valence-electron chi connectivity index (χ0n) is 10.0. The van der Waals surface area contributed by atoms with Gasteiger partial charge >= 0.3 is 0 Å². The number of rotatable bonds is 3. The van der Waals surface area contributed by atoms with Crippen molar-refractivity contribution in [2.24, 2.45) is 0 Å². The number of hydrogen-bond acceptors (Lipinski definition) is 3. The molecule has 0 unspecified atom stereocenters. The van der Waals surface area contributed by atoms with E-state index in [0.29, 0.717) is 0 Å². The molecule has 15 heavy (non-hydrogen) atoms. The second-order valence-corrected chi connectivity index (χ2v) is 4.88. The monoisotopic (exact) mass is 211 g/mol. The van der Waals surface area contributed by atoms with E-state index in [-0.39, 0.29) is 0 Å². The first kappa shape index (κ1) is 11.4. The Kier molecular flexibility index (Phi) is 4.42. The topological polar surface area (TPSA) is 18.5 Å². The Morgan fingerprint density at radius 2 is 1.80 bits per heavy atom. The number of piperazine rings is 1. The molecule has 1 N–H and O–H groups in total. The lowest BCUT2D eigenvalue weighted by atomic mass is 10.0. The van der Waals surface area contributed by atoms with Gasteiger partial charge in [0, 0.05) is 38.8 Å². The van der Waals surface area contributed by atoms with Crippen molar-refractivity contribution in [1.29, 1.82) is 0 Å². The summed E-state index contributed by atoms with van der Waals surface area (Å²) in [4.78, 5) is 5.18. The Morgan fingerprint density at radius 3 is 2.40 bits per heavy atom. The van der Waals surface area contributed by atoms with Crippen molar-refractivity contribution in [3.05, 3.63) is 0 Å². The average molecular weight is 211 g/mol. The van der Waals surface area contributed by atoms with E-state index < -0.39 is 0 Å². The molecule has 0 saturated carbocycles. The van der Waals surface area contributed by atoms with Crippen molar-refractivity contribution >= 4 is 0 Å². The summed E-state index contributed by atoms with van der Waals surface area (Å²) in [6.07, 6.45) is 4.18. The number of nitrogens with one attached hydrogen (secondary N) is 1. The van der Waals surface area contributed by atoms with Gasteiger partial charge in [-0.05, 0) is 25.9 Å². The minimum Gasteiger partial charge on any atom is -0.313 e. The Balaban J connectivity index is 1.67. The number of likely N-dealkylation sites (N-methyl/N-ethyl adjacent to an activating group) is 1. The van der Waals surface area contributed by atoms with Crippen molar-refractivity contribution < 1.29 is 0 Å². The van der Waals surface area contributed by atoms with Gasteiger partial charge in [-0.25, -0.2) is 0 Å². The smallest absolute Gasteiger partial charge is 0.0195 e. The van der Waals surface area contributed by atoms with Crippen molar-refractivity contribution in [1.82, 2.24) is 15.1 Å². The molecule has 0 amide bonds. The lowest BCUT2D eigenvalue weighted by Crippen LogP contribution is -2.51. The van der Waals surface area contributed by atoms with Gasteiger partial charge in [-0.2, -0.15) is 0 Å². The van der Waals surface area contributed by atoms with Crippen LogP contribution < -0.4 is 5.32 Å². The summed E-state index contributed by atoms with van der Waals surface area (Å²) in [5, 5.41) is 3.64. The lowest BCUT2D eigenvalue weighted by molar-refractivity contribution is 0.123. The summed E-state index contributed by atoms with van der Waals surface area (Å²) >= 11 is 0. The highest BCUT2D eigenvalue weighted by Gasteiger charge is 2.20. The van der Waals surface area contributed by atoms with Crippen molar-refractivity contribution in [3.8, 4) is 0 Å². The van der Waals surface area contributed by atoms with E-state index in [1.165, 1.54) is 65.1 Å². The molecule has 2 rings (SSSR count). The highest BCUT2D eigenvalue weighted by Crippen LogP contribution is 2.10. The van der Waals surface area contributed by atoms with E-state index in [2.05, 4.69) is 22.0 Å². The molecular weight excluding hydrogens is 186 g/mol. The van der Waals surface area contributed by atoms with Crippen LogP contribution >= 0.6 is 0 Å². The molecule has 1 atom stereocenters. The van der Waals surface area contributed by atoms with Crippen molar-refractivity contribution in [2.75, 3.05) is 45.8 Å². The zero-order chi connectivity index (χ0) is 10.5. The summed E-state index contributed by atoms with van der Waals surface area (Å²) in [7, 11) is 0. The fourth-order valence-corrected chi connectivity index (χ4v) is 2.68. The summed E-state index contributed by atoms with van der Waals surface area (Å²) in [6, 6.07) is 0.770. The maximum Gasteiger partial charge on any atom is 0.0195 e. The second kappa shape index (κ2) is 5.83. The van der Waals surface area contributed by atoms with Gasteiger partial charge in [0.1, 0.15) is 0 Å². The number of hydrogen-bond donors (Lipinski definition) is 1. The molecule has 88 valence electrons. The maximum absolute atomic E-state index is 3.64. The largest absolute Gasteiger partial charge is 0.313 e. The molecule has 0 radical (unpaired) electrons. The normalized spacial score (nSPS) is 30.6. The molecular formula is C12H25N3. The highest BCUT2D eigenvalue weighted by atomic mass is 15.3. The van der Waals surface area contributed by atoms with Crippen LogP contribution in [0.1, 0.15) is 26.2 Å². The van der Waals surface area contributed by atoms with E-state index in [4.69, 9.17) is 0 Å². The molecule has 0 aromatic carbocycles. The van der Waals surface area contributed by atoms with Crippen LogP contribution in [-0.4, -0.2) is 61.7 Å². The number of piperidine rings is 1. The molecule has 2 aliphatic heterocycles. The van der Waals surface area contributed by atoms with E-state index in [0.717, 1.165) is 6.04 Å². The Labute approximate surface area is 93.8 Å². The minimum absolute atomic E-state index is 0.770. The summed E-state index contributed by atoms with van der Waals surface area (Å²) in [5.41, 5.74) is 0. The molecule has 2 heterocycles. The molecule has 0 aromatic rings. The molecule has 2 aliphatic rings. The van der Waals surface area contributed by atoms with Crippen LogP contribution in [0.4, 0.5) is 0 Å². The van der Waals surface area contributed by atoms with Crippen LogP contribution in [0.2, 0.25) is 0 Å². The highest BCUT2D eigenvalue weighted by molar-refractivity contribution is 4.79. The van der Waals surface area contributed by atoms with Gasteiger partial charge in [0.15, 0.2) is 0 Å². The first-order valence-corrected chi connectivity index (χ1v) is 6.56. The Hall–Kier alpha value is -0.120. The summed E-state index contributed by atoms with van der Waals surface area (Å²) in [6.45, 7) is 11.1. The van der Waals surface area contributed by atoms with Gasteiger partial charge in [-0.15, -0.1) is 0 Å². The molecule has 0 aromatic heterocycles. The zero-order valence-corrected chi connectivity index (χ0v) is 10.0. The molecule has 0 bridgehead atoms. The fourth-order valence-electron chi connectivity index (χ4n) is 2.68. The minimum atomic E-state index is 0.770. The maximum atomic E-state index is 3.64. The fraction of sp³-hybridized carbons (Fsp3) is 1.00. The predicted molar refractivity (Wildman–Crippen MR) is 64.2 cm³/mol. The molecule has 0 spiro atoms.